The average molecular weight is 365 g/mol. The third-order valence-electron chi connectivity index (χ3n) is 2.82. The molecule has 22 heavy (non-hydrogen) atoms. The quantitative estimate of drug-likeness (QED) is 0.603. The molecule has 0 aliphatic heterocycles. The summed E-state index contributed by atoms with van der Waals surface area (Å²) in [7, 11) is 0. The van der Waals surface area contributed by atoms with Crippen LogP contribution in [0.3, 0.4) is 0 Å². The molecule has 0 atom stereocenters. The Kier molecular flexibility index (Phi) is 6.21. The van der Waals surface area contributed by atoms with Crippen LogP contribution in [-0.4, -0.2) is 18.7 Å². The molecule has 0 fully saturated rings. The Hall–Kier alpha value is -2.08. The zero-order valence-electron chi connectivity index (χ0n) is 12.2. The Morgan fingerprint density at radius 1 is 1.45 bits per heavy atom. The van der Waals surface area contributed by atoms with Gasteiger partial charge in [0.15, 0.2) is 6.61 Å². The van der Waals surface area contributed by atoms with E-state index in [1.54, 1.807) is 12.1 Å². The summed E-state index contributed by atoms with van der Waals surface area (Å²) in [6, 6.07) is 9.34. The number of benzene rings is 1. The van der Waals surface area contributed by atoms with E-state index in [0.29, 0.717) is 11.5 Å². The minimum atomic E-state index is -0.340. The van der Waals surface area contributed by atoms with Crippen molar-refractivity contribution in [1.29, 1.82) is 0 Å². The number of amides is 1. The zero-order valence-corrected chi connectivity index (χ0v) is 13.8. The molecule has 6 heteroatoms. The third-order valence-corrected chi connectivity index (χ3v) is 3.44. The Bertz CT molecular complexity index is 639. The van der Waals surface area contributed by atoms with E-state index in [1.807, 2.05) is 18.2 Å². The van der Waals surface area contributed by atoms with E-state index in [4.69, 9.17) is 9.15 Å². The number of hydrogen-bond acceptors (Lipinski definition) is 4. The first-order valence-electron chi connectivity index (χ1n) is 6.95. The molecule has 1 aromatic carbocycles. The van der Waals surface area contributed by atoms with E-state index in [-0.39, 0.29) is 12.5 Å². The number of nitrogens with one attached hydrogen (secondary N) is 1. The molecule has 0 bridgehead atoms. The van der Waals surface area contributed by atoms with Crippen LogP contribution in [0.1, 0.15) is 24.7 Å². The first kappa shape index (κ1) is 16.3. The normalized spacial score (nSPS) is 10.8. The van der Waals surface area contributed by atoms with Gasteiger partial charge in [0, 0.05) is 0 Å². The molecule has 1 N–H and O–H groups in total. The summed E-state index contributed by atoms with van der Waals surface area (Å²) in [5.41, 5.74) is 3.60. The average Bonchev–Trinajstić information content (AvgIpc) is 3.00. The Labute approximate surface area is 137 Å². The van der Waals surface area contributed by atoms with E-state index >= 15 is 0 Å². The molecule has 0 saturated carbocycles. The number of carbonyl (C=O) groups excluding carboxylic acids is 1. The van der Waals surface area contributed by atoms with Gasteiger partial charge < -0.3 is 9.15 Å². The third kappa shape index (κ3) is 5.04. The fourth-order valence-electron chi connectivity index (χ4n) is 1.81. The molecule has 1 amide bonds. The van der Waals surface area contributed by atoms with Gasteiger partial charge in [-0.15, -0.1) is 0 Å². The predicted molar refractivity (Wildman–Crippen MR) is 88.1 cm³/mol. The van der Waals surface area contributed by atoms with Gasteiger partial charge in [-0.05, 0) is 52.2 Å². The maximum Gasteiger partial charge on any atom is 0.277 e. The molecule has 5 nitrogen and oxygen atoms in total. The van der Waals surface area contributed by atoms with Crippen LogP contribution in [-0.2, 0) is 11.2 Å². The second-order valence-corrected chi connectivity index (χ2v) is 5.47. The van der Waals surface area contributed by atoms with Crippen molar-refractivity contribution >= 4 is 28.1 Å². The van der Waals surface area contributed by atoms with Gasteiger partial charge in [0.05, 0.1) is 17.0 Å². The topological polar surface area (TPSA) is 63.8 Å². The molecule has 1 aromatic heterocycles. The number of halogens is 1. The molecule has 116 valence electrons. The molecular weight excluding hydrogens is 348 g/mol. The van der Waals surface area contributed by atoms with Crippen molar-refractivity contribution < 1.29 is 13.9 Å². The van der Waals surface area contributed by atoms with E-state index in [9.17, 15) is 4.79 Å². The summed E-state index contributed by atoms with van der Waals surface area (Å²) in [6.45, 7) is 2.02. The molecule has 0 aliphatic carbocycles. The smallest absolute Gasteiger partial charge is 0.277 e. The molecule has 0 aliphatic rings. The monoisotopic (exact) mass is 364 g/mol. The van der Waals surface area contributed by atoms with Crippen LogP contribution in [0.15, 0.2) is 50.6 Å². The standard InChI is InChI=1S/C16H17BrN2O3/c1-2-4-12-6-7-15(14(17)9-12)22-11-16(20)19-18-10-13-5-3-8-21-13/h3,5-10H,2,4,11H2,1H3,(H,19,20)/b18-10+. The lowest BCUT2D eigenvalue weighted by molar-refractivity contribution is -0.123. The van der Waals surface area contributed by atoms with Crippen LogP contribution in [0.25, 0.3) is 0 Å². The van der Waals surface area contributed by atoms with Gasteiger partial charge in [0.1, 0.15) is 11.5 Å². The van der Waals surface area contributed by atoms with Crippen LogP contribution < -0.4 is 10.2 Å². The number of furan rings is 1. The fraction of sp³-hybridized carbons (Fsp3) is 0.250. The van der Waals surface area contributed by atoms with Crippen LogP contribution in [0, 0.1) is 0 Å². The predicted octanol–water partition coefficient (Wildman–Crippen LogP) is 3.52. The maximum atomic E-state index is 11.6. The lowest BCUT2D eigenvalue weighted by Gasteiger charge is -2.08. The lowest BCUT2D eigenvalue weighted by Crippen LogP contribution is -2.24. The number of aryl methyl sites for hydroxylation is 1. The minimum absolute atomic E-state index is 0.110. The highest BCUT2D eigenvalue weighted by Gasteiger charge is 2.06. The van der Waals surface area contributed by atoms with Crippen molar-refractivity contribution in [2.24, 2.45) is 5.10 Å². The van der Waals surface area contributed by atoms with E-state index < -0.39 is 0 Å². The second kappa shape index (κ2) is 8.38. The molecule has 0 radical (unpaired) electrons. The summed E-state index contributed by atoms with van der Waals surface area (Å²) >= 11 is 3.45. The van der Waals surface area contributed by atoms with Crippen molar-refractivity contribution in [2.75, 3.05) is 6.61 Å². The van der Waals surface area contributed by atoms with Crippen LogP contribution in [0.5, 0.6) is 5.75 Å². The summed E-state index contributed by atoms with van der Waals surface area (Å²) in [6.07, 6.45) is 5.06. The van der Waals surface area contributed by atoms with E-state index in [1.165, 1.54) is 18.0 Å². The van der Waals surface area contributed by atoms with Gasteiger partial charge in [0.25, 0.3) is 5.91 Å². The van der Waals surface area contributed by atoms with Crippen molar-refractivity contribution in [3.05, 3.63) is 52.4 Å². The van der Waals surface area contributed by atoms with Crippen molar-refractivity contribution in [1.82, 2.24) is 5.43 Å². The minimum Gasteiger partial charge on any atom is -0.483 e. The highest BCUT2D eigenvalue weighted by atomic mass is 79.9. The first-order chi connectivity index (χ1) is 10.7. The van der Waals surface area contributed by atoms with Gasteiger partial charge in [-0.25, -0.2) is 5.43 Å². The van der Waals surface area contributed by atoms with Gasteiger partial charge in [-0.2, -0.15) is 5.10 Å². The highest BCUT2D eigenvalue weighted by molar-refractivity contribution is 9.10. The maximum absolute atomic E-state index is 11.6. The lowest BCUT2D eigenvalue weighted by atomic mass is 10.1. The number of hydrogen-bond donors (Lipinski definition) is 1. The van der Waals surface area contributed by atoms with Crippen molar-refractivity contribution in [2.45, 2.75) is 19.8 Å². The molecule has 0 unspecified atom stereocenters. The van der Waals surface area contributed by atoms with Gasteiger partial charge in [-0.1, -0.05) is 19.4 Å². The molecule has 1 heterocycles. The molecule has 0 saturated heterocycles. The fourth-order valence-corrected chi connectivity index (χ4v) is 2.35. The zero-order chi connectivity index (χ0) is 15.8. The van der Waals surface area contributed by atoms with Crippen LogP contribution in [0.4, 0.5) is 0 Å². The Morgan fingerprint density at radius 3 is 3.00 bits per heavy atom. The Balaban J connectivity index is 1.80. The SMILES string of the molecule is CCCc1ccc(OCC(=O)N/N=C/c2ccco2)c(Br)c1. The van der Waals surface area contributed by atoms with Gasteiger partial charge in [-0.3, -0.25) is 4.79 Å². The summed E-state index contributed by atoms with van der Waals surface area (Å²) < 4.78 is 11.4. The van der Waals surface area contributed by atoms with Crippen LogP contribution >= 0.6 is 15.9 Å². The molecular formula is C16H17BrN2O3. The van der Waals surface area contributed by atoms with E-state index in [0.717, 1.165) is 17.3 Å². The first-order valence-corrected chi connectivity index (χ1v) is 7.75. The summed E-state index contributed by atoms with van der Waals surface area (Å²) in [5.74, 6) is 0.854. The summed E-state index contributed by atoms with van der Waals surface area (Å²) in [5, 5.41) is 3.78. The van der Waals surface area contributed by atoms with Gasteiger partial charge >= 0.3 is 0 Å². The van der Waals surface area contributed by atoms with Crippen molar-refractivity contribution in [3.8, 4) is 5.75 Å². The Morgan fingerprint density at radius 2 is 2.32 bits per heavy atom. The molecule has 2 rings (SSSR count). The summed E-state index contributed by atoms with van der Waals surface area (Å²) in [4.78, 5) is 11.6. The number of hydrazone groups is 1. The second-order valence-electron chi connectivity index (χ2n) is 4.61. The largest absolute Gasteiger partial charge is 0.483 e. The molecule has 2 aromatic rings. The molecule has 0 spiro atoms. The van der Waals surface area contributed by atoms with Gasteiger partial charge in [0.2, 0.25) is 0 Å². The number of rotatable bonds is 7. The van der Waals surface area contributed by atoms with Crippen LogP contribution in [0.2, 0.25) is 0 Å². The number of ether oxygens (including phenoxy) is 1. The van der Waals surface area contributed by atoms with Crippen molar-refractivity contribution in [3.63, 3.8) is 0 Å². The highest BCUT2D eigenvalue weighted by Crippen LogP contribution is 2.26. The van der Waals surface area contributed by atoms with E-state index in [2.05, 4.69) is 33.4 Å². The number of carbonyl (C=O) groups is 1. The number of nitrogens with zero attached hydrogens (tertiary/aromatic N) is 1.